The molecule has 0 aromatic carbocycles. The smallest absolute Gasteiger partial charge is 0.320 e. The Kier molecular flexibility index (Phi) is 3.09. The second kappa shape index (κ2) is 4.70. The first-order chi connectivity index (χ1) is 9.88. The number of pyridine rings is 1. The van der Waals surface area contributed by atoms with Crippen LogP contribution in [-0.4, -0.2) is 17.1 Å². The summed E-state index contributed by atoms with van der Waals surface area (Å²) in [7, 11) is 0. The molecule has 1 aliphatic heterocycles. The standard InChI is InChI=1S/C14H9F3N2OS/c1-7-4-5-8-12(18-7)10(13(20)19-8)11(14(15,16)17)9-3-2-6-21-9/h2-6H,1H3,(H,19,20). The summed E-state index contributed by atoms with van der Waals surface area (Å²) in [5.41, 5.74) is -0.439. The van der Waals surface area contributed by atoms with Gasteiger partial charge in [0.15, 0.2) is 0 Å². The van der Waals surface area contributed by atoms with Crippen molar-refractivity contribution in [1.82, 2.24) is 4.98 Å². The Morgan fingerprint density at radius 3 is 2.67 bits per heavy atom. The van der Waals surface area contributed by atoms with Gasteiger partial charge in [-0.15, -0.1) is 11.3 Å². The largest absolute Gasteiger partial charge is 0.418 e. The van der Waals surface area contributed by atoms with E-state index in [1.165, 1.54) is 12.1 Å². The zero-order chi connectivity index (χ0) is 15.2. The van der Waals surface area contributed by atoms with E-state index in [0.717, 1.165) is 11.3 Å². The summed E-state index contributed by atoms with van der Waals surface area (Å²) in [6.07, 6.45) is -4.63. The molecule has 108 valence electrons. The summed E-state index contributed by atoms with van der Waals surface area (Å²) in [5.74, 6) is -0.774. The van der Waals surface area contributed by atoms with Crippen LogP contribution in [0.25, 0.3) is 11.1 Å². The molecule has 0 atom stereocenters. The van der Waals surface area contributed by atoms with Crippen molar-refractivity contribution in [3.63, 3.8) is 0 Å². The lowest BCUT2D eigenvalue weighted by Crippen LogP contribution is -2.16. The van der Waals surface area contributed by atoms with Crippen molar-refractivity contribution >= 4 is 34.1 Å². The van der Waals surface area contributed by atoms with E-state index in [4.69, 9.17) is 0 Å². The van der Waals surface area contributed by atoms with Gasteiger partial charge in [-0.05, 0) is 30.5 Å². The average Bonchev–Trinajstić information content (AvgIpc) is 2.98. The van der Waals surface area contributed by atoms with E-state index in [1.807, 2.05) is 0 Å². The minimum Gasteiger partial charge on any atom is -0.320 e. The van der Waals surface area contributed by atoms with Gasteiger partial charge in [0.05, 0.1) is 16.8 Å². The van der Waals surface area contributed by atoms with Gasteiger partial charge in [-0.1, -0.05) is 6.07 Å². The third-order valence-electron chi connectivity index (χ3n) is 3.05. The predicted octanol–water partition coefficient (Wildman–Crippen LogP) is 3.88. The van der Waals surface area contributed by atoms with E-state index < -0.39 is 23.2 Å². The first-order valence-electron chi connectivity index (χ1n) is 6.02. The molecule has 0 spiro atoms. The Balaban J connectivity index is 2.33. The van der Waals surface area contributed by atoms with Crippen molar-refractivity contribution in [2.45, 2.75) is 13.1 Å². The van der Waals surface area contributed by atoms with Gasteiger partial charge in [0.2, 0.25) is 0 Å². The zero-order valence-corrected chi connectivity index (χ0v) is 11.6. The van der Waals surface area contributed by atoms with Gasteiger partial charge in [0.25, 0.3) is 5.91 Å². The number of carbonyl (C=O) groups is 1. The highest BCUT2D eigenvalue weighted by molar-refractivity contribution is 7.11. The van der Waals surface area contributed by atoms with E-state index in [9.17, 15) is 18.0 Å². The maximum Gasteiger partial charge on any atom is 0.418 e. The van der Waals surface area contributed by atoms with Crippen molar-refractivity contribution in [1.29, 1.82) is 0 Å². The lowest BCUT2D eigenvalue weighted by atomic mass is 10.0. The lowest BCUT2D eigenvalue weighted by Gasteiger charge is -2.12. The van der Waals surface area contributed by atoms with Crippen molar-refractivity contribution in [3.05, 3.63) is 45.9 Å². The number of aromatic nitrogens is 1. The fourth-order valence-corrected chi connectivity index (χ4v) is 2.99. The van der Waals surface area contributed by atoms with Crippen LogP contribution in [0.4, 0.5) is 18.9 Å². The van der Waals surface area contributed by atoms with Gasteiger partial charge in [0, 0.05) is 10.6 Å². The average molecular weight is 310 g/mol. The van der Waals surface area contributed by atoms with Gasteiger partial charge < -0.3 is 5.32 Å². The molecule has 0 bridgehead atoms. The molecule has 1 N–H and O–H groups in total. The number of halogens is 3. The number of carbonyl (C=O) groups excluding carboxylic acids is 1. The molecule has 3 heterocycles. The van der Waals surface area contributed by atoms with Crippen LogP contribution in [0.2, 0.25) is 0 Å². The fourth-order valence-electron chi connectivity index (χ4n) is 2.20. The van der Waals surface area contributed by atoms with Crippen molar-refractivity contribution < 1.29 is 18.0 Å². The van der Waals surface area contributed by atoms with E-state index in [0.29, 0.717) is 11.4 Å². The summed E-state index contributed by atoms with van der Waals surface area (Å²) in [4.78, 5) is 16.1. The summed E-state index contributed by atoms with van der Waals surface area (Å²) in [6, 6.07) is 6.07. The molecule has 0 saturated carbocycles. The highest BCUT2D eigenvalue weighted by Gasteiger charge is 2.43. The Morgan fingerprint density at radius 1 is 1.29 bits per heavy atom. The number of allylic oxidation sites excluding steroid dienone is 1. The Bertz CT molecular complexity index is 748. The first kappa shape index (κ1) is 13.8. The Labute approximate surface area is 122 Å². The number of fused-ring (bicyclic) bond motifs is 1. The van der Waals surface area contributed by atoms with Crippen LogP contribution in [0.5, 0.6) is 0 Å². The number of aryl methyl sites for hydroxylation is 1. The number of rotatable bonds is 1. The highest BCUT2D eigenvalue weighted by Crippen LogP contribution is 2.44. The number of nitrogens with one attached hydrogen (secondary N) is 1. The van der Waals surface area contributed by atoms with Gasteiger partial charge in [-0.25, -0.2) is 0 Å². The summed E-state index contributed by atoms with van der Waals surface area (Å²) in [5, 5.41) is 3.98. The first-order valence-corrected chi connectivity index (χ1v) is 6.90. The Hall–Kier alpha value is -2.15. The number of amides is 1. The molecule has 1 aliphatic rings. The molecule has 1 amide bonds. The third kappa shape index (κ3) is 2.33. The normalized spacial score (nSPS) is 16.7. The molecule has 0 radical (unpaired) electrons. The number of thiophene rings is 1. The van der Waals surface area contributed by atoms with Crippen LogP contribution in [-0.2, 0) is 4.79 Å². The van der Waals surface area contributed by atoms with Crippen LogP contribution < -0.4 is 5.32 Å². The predicted molar refractivity (Wildman–Crippen MR) is 74.8 cm³/mol. The third-order valence-corrected chi connectivity index (χ3v) is 3.93. The SMILES string of the molecule is Cc1ccc2c(n1)C(=C(c1cccs1)C(F)(F)F)C(=O)N2. The van der Waals surface area contributed by atoms with Crippen LogP contribution in [0.1, 0.15) is 16.3 Å². The van der Waals surface area contributed by atoms with Gasteiger partial charge in [0.1, 0.15) is 5.69 Å². The molecule has 7 heteroatoms. The fraction of sp³-hybridized carbons (Fsp3) is 0.143. The molecule has 21 heavy (non-hydrogen) atoms. The monoisotopic (exact) mass is 310 g/mol. The molecule has 3 nitrogen and oxygen atoms in total. The second-order valence-electron chi connectivity index (χ2n) is 4.53. The molecule has 0 aliphatic carbocycles. The summed E-state index contributed by atoms with van der Waals surface area (Å²) in [6.45, 7) is 1.67. The molecular formula is C14H9F3N2OS. The van der Waals surface area contributed by atoms with Gasteiger partial charge in [-0.3, -0.25) is 9.78 Å². The maximum atomic E-state index is 13.4. The van der Waals surface area contributed by atoms with E-state index in [2.05, 4.69) is 10.3 Å². The number of alkyl halides is 3. The van der Waals surface area contributed by atoms with Gasteiger partial charge >= 0.3 is 6.18 Å². The molecule has 0 fully saturated rings. The molecule has 0 saturated heterocycles. The van der Waals surface area contributed by atoms with Crippen LogP contribution in [0, 0.1) is 6.92 Å². The molecule has 2 aromatic rings. The quantitative estimate of drug-likeness (QED) is 0.812. The van der Waals surface area contributed by atoms with Crippen molar-refractivity contribution in [2.75, 3.05) is 5.32 Å². The van der Waals surface area contributed by atoms with E-state index >= 15 is 0 Å². The molecule has 2 aromatic heterocycles. The van der Waals surface area contributed by atoms with E-state index in [-0.39, 0.29) is 10.6 Å². The second-order valence-corrected chi connectivity index (χ2v) is 5.48. The van der Waals surface area contributed by atoms with Crippen molar-refractivity contribution in [2.24, 2.45) is 0 Å². The zero-order valence-electron chi connectivity index (χ0n) is 10.8. The van der Waals surface area contributed by atoms with Crippen molar-refractivity contribution in [3.8, 4) is 0 Å². The van der Waals surface area contributed by atoms with Gasteiger partial charge in [-0.2, -0.15) is 13.2 Å². The molecule has 0 unspecified atom stereocenters. The number of nitrogens with zero attached hydrogens (tertiary/aromatic N) is 1. The van der Waals surface area contributed by atoms with Crippen LogP contribution >= 0.6 is 11.3 Å². The summed E-state index contributed by atoms with van der Waals surface area (Å²) < 4.78 is 40.3. The number of hydrogen-bond donors (Lipinski definition) is 1. The lowest BCUT2D eigenvalue weighted by molar-refractivity contribution is -0.111. The Morgan fingerprint density at radius 2 is 2.05 bits per heavy atom. The minimum atomic E-state index is -4.63. The van der Waals surface area contributed by atoms with Crippen LogP contribution in [0.15, 0.2) is 29.6 Å². The molecular weight excluding hydrogens is 301 g/mol. The number of hydrogen-bond acceptors (Lipinski definition) is 3. The minimum absolute atomic E-state index is 0.00352. The number of anilines is 1. The highest BCUT2D eigenvalue weighted by atomic mass is 32.1. The summed E-state index contributed by atoms with van der Waals surface area (Å²) >= 11 is 0.940. The maximum absolute atomic E-state index is 13.4. The molecule has 3 rings (SSSR count). The topological polar surface area (TPSA) is 42.0 Å². The van der Waals surface area contributed by atoms with Crippen LogP contribution in [0.3, 0.4) is 0 Å². The van der Waals surface area contributed by atoms with E-state index in [1.54, 1.807) is 24.4 Å².